The minimum atomic E-state index is -0.172. The molecule has 0 rings (SSSR count). The van der Waals surface area contributed by atoms with E-state index in [-0.39, 0.29) is 17.7 Å². The largest absolute Gasteiger partial charge is 0.469 e. The molecular formula is C13H23N3O3. The molecule has 0 aliphatic heterocycles. The van der Waals surface area contributed by atoms with Crippen LogP contribution in [0.4, 0.5) is 0 Å². The number of ketones is 1. The van der Waals surface area contributed by atoms with Crippen LogP contribution in [-0.2, 0) is 14.3 Å². The van der Waals surface area contributed by atoms with E-state index in [4.69, 9.17) is 5.53 Å². The number of hydrogen-bond acceptors (Lipinski definition) is 4. The summed E-state index contributed by atoms with van der Waals surface area (Å²) in [4.78, 5) is 25.2. The zero-order valence-corrected chi connectivity index (χ0v) is 11.8. The molecule has 0 N–H and O–H groups in total. The second kappa shape index (κ2) is 11.5. The Balaban J connectivity index is 3.45. The number of nitrogens with zero attached hydrogens (tertiary/aromatic N) is 3. The second-order valence-electron chi connectivity index (χ2n) is 4.62. The number of hydrogen-bond donors (Lipinski definition) is 0. The van der Waals surface area contributed by atoms with Gasteiger partial charge in [0.15, 0.2) is 0 Å². The molecule has 19 heavy (non-hydrogen) atoms. The number of ether oxygens (including phenoxy) is 1. The Kier molecular flexibility index (Phi) is 10.6. The van der Waals surface area contributed by atoms with Gasteiger partial charge in [-0.15, -0.1) is 0 Å². The normalized spacial score (nSPS) is 11.5. The molecule has 1 atom stereocenters. The lowest BCUT2D eigenvalue weighted by Crippen LogP contribution is -2.12. The van der Waals surface area contributed by atoms with Crippen LogP contribution in [0.3, 0.4) is 0 Å². The Morgan fingerprint density at radius 3 is 2.53 bits per heavy atom. The molecule has 0 spiro atoms. The monoisotopic (exact) mass is 269 g/mol. The molecule has 0 heterocycles. The van der Waals surface area contributed by atoms with Crippen molar-refractivity contribution in [2.75, 3.05) is 13.7 Å². The highest BCUT2D eigenvalue weighted by molar-refractivity contribution is 5.78. The number of azide groups is 1. The van der Waals surface area contributed by atoms with Gasteiger partial charge in [-0.1, -0.05) is 24.9 Å². The fourth-order valence-electron chi connectivity index (χ4n) is 1.79. The van der Waals surface area contributed by atoms with Crippen LogP contribution in [-0.4, -0.2) is 25.4 Å². The number of esters is 1. The van der Waals surface area contributed by atoms with Gasteiger partial charge in [-0.2, -0.15) is 0 Å². The molecular weight excluding hydrogens is 246 g/mol. The van der Waals surface area contributed by atoms with Crippen LogP contribution in [0.1, 0.15) is 51.9 Å². The Morgan fingerprint density at radius 2 is 1.89 bits per heavy atom. The summed E-state index contributed by atoms with van der Waals surface area (Å²) in [5.74, 6) is -0.0205. The van der Waals surface area contributed by atoms with Crippen LogP contribution in [0.15, 0.2) is 5.11 Å². The van der Waals surface area contributed by atoms with E-state index in [1.165, 1.54) is 7.11 Å². The maximum Gasteiger partial charge on any atom is 0.308 e. The third kappa shape index (κ3) is 10.1. The van der Waals surface area contributed by atoms with Crippen molar-refractivity contribution in [2.24, 2.45) is 11.0 Å². The number of Topliss-reactive ketones (excluding diaryl/α,β-unsaturated/α-hetero) is 1. The third-order valence-electron chi connectivity index (χ3n) is 2.97. The lowest BCUT2D eigenvalue weighted by molar-refractivity contribution is -0.145. The summed E-state index contributed by atoms with van der Waals surface area (Å²) >= 11 is 0. The lowest BCUT2D eigenvalue weighted by Gasteiger charge is -2.08. The number of methoxy groups -OCH3 is 1. The van der Waals surface area contributed by atoms with Crippen LogP contribution in [0.5, 0.6) is 0 Å². The Labute approximate surface area is 114 Å². The van der Waals surface area contributed by atoms with Gasteiger partial charge in [0.25, 0.3) is 0 Å². The van der Waals surface area contributed by atoms with Crippen molar-refractivity contribution < 1.29 is 14.3 Å². The Hall–Kier alpha value is -1.55. The van der Waals surface area contributed by atoms with Crippen molar-refractivity contribution in [3.8, 4) is 0 Å². The molecule has 0 aromatic rings. The number of carbonyl (C=O) groups is 2. The molecule has 6 nitrogen and oxygen atoms in total. The molecule has 0 aromatic heterocycles. The van der Waals surface area contributed by atoms with Crippen molar-refractivity contribution >= 4 is 11.8 Å². The molecule has 0 bridgehead atoms. The van der Waals surface area contributed by atoms with Gasteiger partial charge >= 0.3 is 5.97 Å². The summed E-state index contributed by atoms with van der Waals surface area (Å²) in [6.45, 7) is 2.24. The van der Waals surface area contributed by atoms with Gasteiger partial charge < -0.3 is 4.74 Å². The first-order chi connectivity index (χ1) is 9.11. The van der Waals surface area contributed by atoms with E-state index in [0.717, 1.165) is 25.7 Å². The summed E-state index contributed by atoms with van der Waals surface area (Å²) in [7, 11) is 1.40. The predicted molar refractivity (Wildman–Crippen MR) is 72.5 cm³/mol. The van der Waals surface area contributed by atoms with Crippen molar-refractivity contribution in [3.63, 3.8) is 0 Å². The smallest absolute Gasteiger partial charge is 0.308 e. The fraction of sp³-hybridized carbons (Fsp3) is 0.846. The van der Waals surface area contributed by atoms with Gasteiger partial charge in [-0.3, -0.25) is 9.59 Å². The maximum atomic E-state index is 11.4. The van der Waals surface area contributed by atoms with Crippen molar-refractivity contribution in [1.82, 2.24) is 0 Å². The van der Waals surface area contributed by atoms with Crippen LogP contribution >= 0.6 is 0 Å². The van der Waals surface area contributed by atoms with Gasteiger partial charge in [0.2, 0.25) is 0 Å². The molecule has 0 amide bonds. The van der Waals surface area contributed by atoms with E-state index in [2.05, 4.69) is 14.8 Å². The van der Waals surface area contributed by atoms with Crippen LogP contribution < -0.4 is 0 Å². The van der Waals surface area contributed by atoms with Gasteiger partial charge in [0.05, 0.1) is 13.0 Å². The van der Waals surface area contributed by atoms with Crippen molar-refractivity contribution in [1.29, 1.82) is 0 Å². The highest BCUT2D eigenvalue weighted by atomic mass is 16.5. The van der Waals surface area contributed by atoms with Crippen molar-refractivity contribution in [3.05, 3.63) is 10.4 Å². The maximum absolute atomic E-state index is 11.4. The molecule has 0 fully saturated rings. The van der Waals surface area contributed by atoms with Gasteiger partial charge in [-0.25, -0.2) is 0 Å². The Bertz CT molecular complexity index is 325. The average molecular weight is 269 g/mol. The summed E-state index contributed by atoms with van der Waals surface area (Å²) in [6.07, 6.45) is 5.22. The topological polar surface area (TPSA) is 92.1 Å². The van der Waals surface area contributed by atoms with E-state index in [1.807, 2.05) is 6.92 Å². The van der Waals surface area contributed by atoms with E-state index < -0.39 is 0 Å². The van der Waals surface area contributed by atoms with Gasteiger partial charge in [0.1, 0.15) is 5.78 Å². The SMILES string of the molecule is COC(=O)[C@@H](C)CCCCCC(=O)CCCN=[N+]=[N-]. The fourth-order valence-corrected chi connectivity index (χ4v) is 1.79. The third-order valence-corrected chi connectivity index (χ3v) is 2.97. The molecule has 0 aromatic carbocycles. The molecule has 0 radical (unpaired) electrons. The number of carbonyl (C=O) groups excluding carboxylic acids is 2. The molecule has 0 saturated carbocycles. The van der Waals surface area contributed by atoms with E-state index in [1.54, 1.807) is 0 Å². The minimum Gasteiger partial charge on any atom is -0.469 e. The summed E-state index contributed by atoms with van der Waals surface area (Å²) in [5.41, 5.74) is 8.07. The zero-order chi connectivity index (χ0) is 14.5. The molecule has 0 saturated heterocycles. The summed E-state index contributed by atoms with van der Waals surface area (Å²) < 4.78 is 4.64. The van der Waals surface area contributed by atoms with Gasteiger partial charge in [-0.05, 0) is 24.8 Å². The van der Waals surface area contributed by atoms with E-state index >= 15 is 0 Å². The first-order valence-corrected chi connectivity index (χ1v) is 6.72. The lowest BCUT2D eigenvalue weighted by atomic mass is 10.0. The quantitative estimate of drug-likeness (QED) is 0.189. The highest BCUT2D eigenvalue weighted by Crippen LogP contribution is 2.12. The second-order valence-corrected chi connectivity index (χ2v) is 4.62. The minimum absolute atomic E-state index is 0.0652. The summed E-state index contributed by atoms with van der Waals surface area (Å²) in [5, 5.41) is 3.38. The van der Waals surface area contributed by atoms with Crippen molar-refractivity contribution in [2.45, 2.75) is 51.9 Å². The molecule has 0 aliphatic carbocycles. The number of unbranched alkanes of at least 4 members (excludes halogenated alkanes) is 2. The van der Waals surface area contributed by atoms with E-state index in [0.29, 0.717) is 25.8 Å². The summed E-state index contributed by atoms with van der Waals surface area (Å²) in [6, 6.07) is 0. The standard InChI is InChI=1S/C13H23N3O3/c1-11(13(18)19-2)7-4-3-5-8-12(17)9-6-10-15-16-14/h11H,3-10H2,1-2H3/t11-/m0/s1. The Morgan fingerprint density at radius 1 is 1.21 bits per heavy atom. The average Bonchev–Trinajstić information content (AvgIpc) is 2.42. The van der Waals surface area contributed by atoms with Crippen LogP contribution in [0.2, 0.25) is 0 Å². The van der Waals surface area contributed by atoms with Crippen LogP contribution in [0.25, 0.3) is 10.4 Å². The zero-order valence-electron chi connectivity index (χ0n) is 11.8. The highest BCUT2D eigenvalue weighted by Gasteiger charge is 2.12. The predicted octanol–water partition coefficient (Wildman–Crippen LogP) is 3.41. The number of rotatable bonds is 11. The molecule has 6 heteroatoms. The molecule has 108 valence electrons. The molecule has 0 unspecified atom stereocenters. The molecule has 0 aliphatic rings. The van der Waals surface area contributed by atoms with Gasteiger partial charge in [0, 0.05) is 24.3 Å². The first kappa shape index (κ1) is 17.4. The van der Waals surface area contributed by atoms with E-state index in [9.17, 15) is 9.59 Å². The first-order valence-electron chi connectivity index (χ1n) is 6.72. The van der Waals surface area contributed by atoms with Crippen LogP contribution in [0, 0.1) is 5.92 Å².